The molecule has 1 fully saturated rings. The predicted octanol–water partition coefficient (Wildman–Crippen LogP) is 3.79. The molecule has 0 aromatic heterocycles. The molecule has 2 aromatic carbocycles. The fourth-order valence-corrected chi connectivity index (χ4v) is 4.91. The Labute approximate surface area is 150 Å². The van der Waals surface area contributed by atoms with Crippen LogP contribution in [0.3, 0.4) is 0 Å². The van der Waals surface area contributed by atoms with Gasteiger partial charge in [-0.15, -0.1) is 0 Å². The Morgan fingerprint density at radius 2 is 1.72 bits per heavy atom. The van der Waals surface area contributed by atoms with Gasteiger partial charge in [0.25, 0.3) is 0 Å². The number of sulfonamides is 1. The highest BCUT2D eigenvalue weighted by molar-refractivity contribution is 7.89. The van der Waals surface area contributed by atoms with Crippen molar-refractivity contribution < 1.29 is 13.2 Å². The molecule has 1 atom stereocenters. The molecule has 0 aliphatic carbocycles. The second kappa shape index (κ2) is 6.90. The number of rotatable bonds is 4. The van der Waals surface area contributed by atoms with Gasteiger partial charge in [-0.2, -0.15) is 4.31 Å². The number of nitrogens with zero attached hydrogens (tertiary/aromatic N) is 1. The molecule has 25 heavy (non-hydrogen) atoms. The Balaban J connectivity index is 1.93. The quantitative estimate of drug-likeness (QED) is 0.834. The van der Waals surface area contributed by atoms with E-state index in [0.717, 1.165) is 17.5 Å². The van der Waals surface area contributed by atoms with Crippen molar-refractivity contribution in [1.29, 1.82) is 0 Å². The lowest BCUT2D eigenvalue weighted by Crippen LogP contribution is -2.56. The number of hydrogen-bond acceptors (Lipinski definition) is 3. The summed E-state index contributed by atoms with van der Waals surface area (Å²) in [6, 6.07) is 17.0. The van der Waals surface area contributed by atoms with E-state index in [-0.39, 0.29) is 6.10 Å². The third kappa shape index (κ3) is 3.64. The van der Waals surface area contributed by atoms with Gasteiger partial charge in [0.05, 0.1) is 23.1 Å². The molecular formula is C20H25NO3S. The van der Waals surface area contributed by atoms with Crippen LogP contribution in [-0.4, -0.2) is 31.4 Å². The molecular weight excluding hydrogens is 334 g/mol. The van der Waals surface area contributed by atoms with Gasteiger partial charge in [0, 0.05) is 6.54 Å². The highest BCUT2D eigenvalue weighted by Gasteiger charge is 2.43. The molecule has 3 rings (SSSR count). The van der Waals surface area contributed by atoms with Crippen LogP contribution in [0, 0.1) is 0 Å². The molecule has 1 unspecified atom stereocenters. The number of morpholine rings is 1. The molecule has 0 radical (unpaired) electrons. The number of ether oxygens (including phenoxy) is 1. The average Bonchev–Trinajstić information content (AvgIpc) is 2.62. The largest absolute Gasteiger partial charge is 0.370 e. The van der Waals surface area contributed by atoms with E-state index in [0.29, 0.717) is 18.0 Å². The maximum absolute atomic E-state index is 13.2. The number of aryl methyl sites for hydroxylation is 1. The second-order valence-corrected chi connectivity index (χ2v) is 8.92. The van der Waals surface area contributed by atoms with E-state index in [1.165, 1.54) is 0 Å². The van der Waals surface area contributed by atoms with E-state index < -0.39 is 15.6 Å². The summed E-state index contributed by atoms with van der Waals surface area (Å²) in [5.41, 5.74) is 1.54. The topological polar surface area (TPSA) is 46.6 Å². The van der Waals surface area contributed by atoms with Gasteiger partial charge in [0.2, 0.25) is 10.0 Å². The van der Waals surface area contributed by atoms with E-state index >= 15 is 0 Å². The van der Waals surface area contributed by atoms with Crippen LogP contribution in [0.15, 0.2) is 59.5 Å². The molecule has 5 heteroatoms. The van der Waals surface area contributed by atoms with Gasteiger partial charge in [0.15, 0.2) is 0 Å². The van der Waals surface area contributed by atoms with E-state index in [1.807, 2.05) is 56.3 Å². The third-order valence-corrected chi connectivity index (χ3v) is 6.83. The van der Waals surface area contributed by atoms with Crippen LogP contribution >= 0.6 is 0 Å². The van der Waals surface area contributed by atoms with Crippen molar-refractivity contribution in [1.82, 2.24) is 4.31 Å². The first-order chi connectivity index (χ1) is 11.8. The van der Waals surface area contributed by atoms with Crippen LogP contribution in [-0.2, 0) is 21.2 Å². The van der Waals surface area contributed by atoms with Gasteiger partial charge < -0.3 is 4.74 Å². The maximum atomic E-state index is 13.2. The van der Waals surface area contributed by atoms with Gasteiger partial charge in [-0.25, -0.2) is 8.42 Å². The minimum Gasteiger partial charge on any atom is -0.370 e. The van der Waals surface area contributed by atoms with Crippen LogP contribution in [0.25, 0.3) is 0 Å². The van der Waals surface area contributed by atoms with Crippen molar-refractivity contribution in [3.8, 4) is 0 Å². The Kier molecular flexibility index (Phi) is 5.00. The molecule has 1 aliphatic heterocycles. The smallest absolute Gasteiger partial charge is 0.243 e. The zero-order valence-electron chi connectivity index (χ0n) is 15.0. The molecule has 0 bridgehead atoms. The first-order valence-corrected chi connectivity index (χ1v) is 10.1. The van der Waals surface area contributed by atoms with Crippen molar-refractivity contribution in [3.63, 3.8) is 0 Å². The standard InChI is InChI=1S/C20H25NO3S/c1-4-16-10-12-18(13-11-16)25(22,23)21-14-19(24-15-20(21,2)3)17-8-6-5-7-9-17/h5-13,19H,4,14-15H2,1-3H3. The summed E-state index contributed by atoms with van der Waals surface area (Å²) in [5, 5.41) is 0. The lowest BCUT2D eigenvalue weighted by atomic mass is 10.0. The molecule has 1 heterocycles. The van der Waals surface area contributed by atoms with E-state index in [2.05, 4.69) is 6.92 Å². The summed E-state index contributed by atoms with van der Waals surface area (Å²) in [5.74, 6) is 0. The Bertz CT molecular complexity index is 814. The van der Waals surface area contributed by atoms with Gasteiger partial charge in [0.1, 0.15) is 0 Å². The Morgan fingerprint density at radius 3 is 2.32 bits per heavy atom. The summed E-state index contributed by atoms with van der Waals surface area (Å²) < 4.78 is 34.1. The van der Waals surface area contributed by atoms with Crippen molar-refractivity contribution in [2.45, 2.75) is 43.7 Å². The van der Waals surface area contributed by atoms with Crippen molar-refractivity contribution in [2.75, 3.05) is 13.2 Å². The molecule has 1 saturated heterocycles. The van der Waals surface area contributed by atoms with Crippen LogP contribution in [0.4, 0.5) is 0 Å². The van der Waals surface area contributed by atoms with E-state index in [9.17, 15) is 8.42 Å². The zero-order chi connectivity index (χ0) is 18.1. The van der Waals surface area contributed by atoms with Crippen molar-refractivity contribution in [2.24, 2.45) is 0 Å². The molecule has 0 amide bonds. The van der Waals surface area contributed by atoms with Crippen LogP contribution in [0.1, 0.15) is 38.0 Å². The highest BCUT2D eigenvalue weighted by atomic mass is 32.2. The summed E-state index contributed by atoms with van der Waals surface area (Å²) >= 11 is 0. The average molecular weight is 359 g/mol. The summed E-state index contributed by atoms with van der Waals surface area (Å²) in [6.07, 6.45) is 0.637. The molecule has 1 aliphatic rings. The summed E-state index contributed by atoms with van der Waals surface area (Å²) in [6.45, 7) is 6.55. The Morgan fingerprint density at radius 1 is 1.08 bits per heavy atom. The lowest BCUT2D eigenvalue weighted by molar-refractivity contribution is -0.0655. The molecule has 0 spiro atoms. The van der Waals surface area contributed by atoms with Crippen LogP contribution in [0.2, 0.25) is 0 Å². The second-order valence-electron chi connectivity index (χ2n) is 7.06. The first kappa shape index (κ1) is 18.1. The monoisotopic (exact) mass is 359 g/mol. The summed E-state index contributed by atoms with van der Waals surface area (Å²) in [7, 11) is -3.58. The van der Waals surface area contributed by atoms with Gasteiger partial charge in [-0.3, -0.25) is 0 Å². The number of benzene rings is 2. The number of hydrogen-bond donors (Lipinski definition) is 0. The molecule has 4 nitrogen and oxygen atoms in total. The zero-order valence-corrected chi connectivity index (χ0v) is 15.8. The fourth-order valence-electron chi connectivity index (χ4n) is 3.14. The molecule has 2 aromatic rings. The van der Waals surface area contributed by atoms with E-state index in [1.54, 1.807) is 16.4 Å². The third-order valence-electron chi connectivity index (χ3n) is 4.74. The highest BCUT2D eigenvalue weighted by Crippen LogP contribution is 2.34. The normalized spacial score (nSPS) is 21.2. The predicted molar refractivity (Wildman–Crippen MR) is 98.9 cm³/mol. The molecule has 0 saturated carbocycles. The maximum Gasteiger partial charge on any atom is 0.243 e. The lowest BCUT2D eigenvalue weighted by Gasteiger charge is -2.44. The van der Waals surface area contributed by atoms with Crippen LogP contribution < -0.4 is 0 Å². The summed E-state index contributed by atoms with van der Waals surface area (Å²) in [4.78, 5) is 0.339. The SMILES string of the molecule is CCc1ccc(S(=O)(=O)N2CC(c3ccccc3)OCC2(C)C)cc1. The van der Waals surface area contributed by atoms with Crippen molar-refractivity contribution >= 4 is 10.0 Å². The fraction of sp³-hybridized carbons (Fsp3) is 0.400. The van der Waals surface area contributed by atoms with Gasteiger partial charge >= 0.3 is 0 Å². The Hall–Kier alpha value is -1.69. The van der Waals surface area contributed by atoms with E-state index in [4.69, 9.17) is 4.74 Å². The molecule has 0 N–H and O–H groups in total. The molecule has 134 valence electrons. The minimum absolute atomic E-state index is 0.251. The first-order valence-electron chi connectivity index (χ1n) is 8.63. The minimum atomic E-state index is -3.58. The van der Waals surface area contributed by atoms with Crippen LogP contribution in [0.5, 0.6) is 0 Å². The van der Waals surface area contributed by atoms with Gasteiger partial charge in [-0.05, 0) is 43.5 Å². The van der Waals surface area contributed by atoms with Crippen molar-refractivity contribution in [3.05, 3.63) is 65.7 Å². The van der Waals surface area contributed by atoms with Gasteiger partial charge in [-0.1, -0.05) is 49.4 Å².